The fourth-order valence-corrected chi connectivity index (χ4v) is 1.77. The minimum Gasteiger partial charge on any atom is -0.397 e. The van der Waals surface area contributed by atoms with E-state index in [0.717, 1.165) is 15.2 Å². The third-order valence-electron chi connectivity index (χ3n) is 1.88. The smallest absolute Gasteiger partial charge is 0.0668 e. The number of fused-ring (bicyclic) bond motifs is 1. The van der Waals surface area contributed by atoms with Crippen LogP contribution in [-0.2, 0) is 0 Å². The van der Waals surface area contributed by atoms with Crippen molar-refractivity contribution in [1.29, 1.82) is 0 Å². The van der Waals surface area contributed by atoms with Crippen LogP contribution >= 0.6 is 27.5 Å². The van der Waals surface area contributed by atoms with Crippen LogP contribution in [0.3, 0.4) is 0 Å². The molecule has 0 bridgehead atoms. The highest BCUT2D eigenvalue weighted by molar-refractivity contribution is 9.10. The maximum Gasteiger partial charge on any atom is 0.0668 e. The molecular weight excluding hydrogens is 251 g/mol. The van der Waals surface area contributed by atoms with Gasteiger partial charge in [-0.2, -0.15) is 0 Å². The van der Waals surface area contributed by atoms with Crippen LogP contribution in [0, 0.1) is 0 Å². The molecule has 0 atom stereocenters. The van der Waals surface area contributed by atoms with Gasteiger partial charge >= 0.3 is 0 Å². The van der Waals surface area contributed by atoms with Crippen molar-refractivity contribution in [3.8, 4) is 0 Å². The topological polar surface area (TPSA) is 38.9 Å². The Kier molecular flexibility index (Phi) is 2.14. The average Bonchev–Trinajstić information content (AvgIpc) is 2.12. The summed E-state index contributed by atoms with van der Waals surface area (Å²) in [6.45, 7) is 0. The number of rotatable bonds is 0. The van der Waals surface area contributed by atoms with E-state index in [0.29, 0.717) is 10.7 Å². The van der Waals surface area contributed by atoms with Gasteiger partial charge in [-0.25, -0.2) is 0 Å². The Labute approximate surface area is 88.8 Å². The molecule has 1 aromatic heterocycles. The quantitative estimate of drug-likeness (QED) is 0.736. The summed E-state index contributed by atoms with van der Waals surface area (Å²) in [6, 6.07) is 3.79. The Hall–Kier alpha value is -0.800. The lowest BCUT2D eigenvalue weighted by atomic mass is 10.1. The van der Waals surface area contributed by atoms with E-state index >= 15 is 0 Å². The van der Waals surface area contributed by atoms with Crippen LogP contribution in [0.15, 0.2) is 29.0 Å². The van der Waals surface area contributed by atoms with Gasteiger partial charge < -0.3 is 5.73 Å². The lowest BCUT2D eigenvalue weighted by Crippen LogP contribution is -1.89. The van der Waals surface area contributed by atoms with Crippen LogP contribution in [0.1, 0.15) is 0 Å². The van der Waals surface area contributed by atoms with Crippen LogP contribution in [0.2, 0.25) is 5.02 Å². The van der Waals surface area contributed by atoms with E-state index < -0.39 is 0 Å². The van der Waals surface area contributed by atoms with Crippen molar-refractivity contribution in [2.24, 2.45) is 0 Å². The summed E-state index contributed by atoms with van der Waals surface area (Å²) in [5.41, 5.74) is 6.52. The molecular formula is C9H6BrClN2. The molecule has 0 aliphatic rings. The number of pyridine rings is 1. The Bertz CT molecular complexity index is 470. The van der Waals surface area contributed by atoms with Crippen molar-refractivity contribution < 1.29 is 0 Å². The number of anilines is 1. The van der Waals surface area contributed by atoms with Gasteiger partial charge in [0.2, 0.25) is 0 Å². The zero-order valence-electron chi connectivity index (χ0n) is 6.59. The molecule has 0 spiro atoms. The number of nitrogen functional groups attached to an aromatic ring is 1. The second-order valence-corrected chi connectivity index (χ2v) is 3.94. The summed E-state index contributed by atoms with van der Waals surface area (Å²) in [5, 5.41) is 2.43. The molecule has 13 heavy (non-hydrogen) atoms. The van der Waals surface area contributed by atoms with Gasteiger partial charge in [0, 0.05) is 27.6 Å². The van der Waals surface area contributed by atoms with Crippen molar-refractivity contribution in [3.63, 3.8) is 0 Å². The SMILES string of the molecule is Nc1c(Br)ccc2c(Cl)cncc12. The summed E-state index contributed by atoms with van der Waals surface area (Å²) in [4.78, 5) is 3.98. The first-order valence-electron chi connectivity index (χ1n) is 3.67. The standard InChI is InChI=1S/C9H6BrClN2/c10-7-2-1-5-6(9(7)12)3-13-4-8(5)11/h1-4H,12H2. The molecule has 2 nitrogen and oxygen atoms in total. The molecule has 1 aromatic carbocycles. The molecule has 0 fully saturated rings. The number of benzene rings is 1. The molecule has 0 amide bonds. The van der Waals surface area contributed by atoms with Gasteiger partial charge in [0.25, 0.3) is 0 Å². The zero-order chi connectivity index (χ0) is 9.42. The van der Waals surface area contributed by atoms with Crippen LogP contribution in [-0.4, -0.2) is 4.98 Å². The largest absolute Gasteiger partial charge is 0.397 e. The monoisotopic (exact) mass is 256 g/mol. The van der Waals surface area contributed by atoms with Crippen LogP contribution < -0.4 is 5.73 Å². The summed E-state index contributed by atoms with van der Waals surface area (Å²) < 4.78 is 0.865. The molecule has 0 saturated carbocycles. The van der Waals surface area contributed by atoms with E-state index in [1.165, 1.54) is 0 Å². The second-order valence-electron chi connectivity index (χ2n) is 2.68. The summed E-state index contributed by atoms with van der Waals surface area (Å²) in [5.74, 6) is 0. The van der Waals surface area contributed by atoms with E-state index in [1.54, 1.807) is 12.4 Å². The first kappa shape index (κ1) is 8.78. The summed E-state index contributed by atoms with van der Waals surface area (Å²) >= 11 is 9.29. The highest BCUT2D eigenvalue weighted by atomic mass is 79.9. The van der Waals surface area contributed by atoms with Gasteiger partial charge in [-0.05, 0) is 22.0 Å². The van der Waals surface area contributed by atoms with E-state index in [4.69, 9.17) is 17.3 Å². The van der Waals surface area contributed by atoms with E-state index in [-0.39, 0.29) is 0 Å². The van der Waals surface area contributed by atoms with Crippen LogP contribution in [0.4, 0.5) is 5.69 Å². The molecule has 2 rings (SSSR count). The minimum atomic E-state index is 0.622. The summed E-state index contributed by atoms with van der Waals surface area (Å²) in [7, 11) is 0. The lowest BCUT2D eigenvalue weighted by Gasteiger charge is -2.04. The number of halogens is 2. The molecule has 0 saturated heterocycles. The number of aromatic nitrogens is 1. The normalized spacial score (nSPS) is 10.6. The summed E-state index contributed by atoms with van der Waals surface area (Å²) in [6.07, 6.45) is 3.32. The maximum absolute atomic E-state index is 5.95. The first-order valence-corrected chi connectivity index (χ1v) is 4.84. The Morgan fingerprint density at radius 3 is 2.77 bits per heavy atom. The van der Waals surface area contributed by atoms with Crippen molar-refractivity contribution in [3.05, 3.63) is 34.0 Å². The number of hydrogen-bond donors (Lipinski definition) is 1. The van der Waals surface area contributed by atoms with E-state index in [9.17, 15) is 0 Å². The Morgan fingerprint density at radius 1 is 1.23 bits per heavy atom. The first-order chi connectivity index (χ1) is 6.20. The van der Waals surface area contributed by atoms with Gasteiger partial charge in [-0.3, -0.25) is 4.98 Å². The van der Waals surface area contributed by atoms with Crippen molar-refractivity contribution in [1.82, 2.24) is 4.98 Å². The number of nitrogens with two attached hydrogens (primary N) is 1. The molecule has 0 radical (unpaired) electrons. The minimum absolute atomic E-state index is 0.622. The molecule has 0 aliphatic heterocycles. The van der Waals surface area contributed by atoms with Gasteiger partial charge in [0.1, 0.15) is 0 Å². The van der Waals surface area contributed by atoms with Crippen LogP contribution in [0.25, 0.3) is 10.8 Å². The number of nitrogens with zero attached hydrogens (tertiary/aromatic N) is 1. The molecule has 2 N–H and O–H groups in total. The fourth-order valence-electron chi connectivity index (χ4n) is 1.20. The lowest BCUT2D eigenvalue weighted by molar-refractivity contribution is 1.36. The van der Waals surface area contributed by atoms with Crippen molar-refractivity contribution in [2.75, 3.05) is 5.73 Å². The molecule has 2 aromatic rings. The average molecular weight is 258 g/mol. The van der Waals surface area contributed by atoms with Gasteiger partial charge in [-0.15, -0.1) is 0 Å². The van der Waals surface area contributed by atoms with E-state index in [1.807, 2.05) is 12.1 Å². The third-order valence-corrected chi connectivity index (χ3v) is 2.88. The molecule has 1 heterocycles. The van der Waals surface area contributed by atoms with E-state index in [2.05, 4.69) is 20.9 Å². The molecule has 4 heteroatoms. The predicted molar refractivity (Wildman–Crippen MR) is 58.9 cm³/mol. The number of hydrogen-bond acceptors (Lipinski definition) is 2. The van der Waals surface area contributed by atoms with Crippen molar-refractivity contribution >= 4 is 44.0 Å². The van der Waals surface area contributed by atoms with Gasteiger partial charge in [-0.1, -0.05) is 17.7 Å². The third kappa shape index (κ3) is 1.38. The maximum atomic E-state index is 5.95. The molecule has 0 unspecified atom stereocenters. The van der Waals surface area contributed by atoms with Crippen LogP contribution in [0.5, 0.6) is 0 Å². The highest BCUT2D eigenvalue weighted by Gasteiger charge is 2.04. The van der Waals surface area contributed by atoms with Gasteiger partial charge in [0.05, 0.1) is 10.7 Å². The molecule has 66 valence electrons. The predicted octanol–water partition coefficient (Wildman–Crippen LogP) is 3.23. The van der Waals surface area contributed by atoms with Gasteiger partial charge in [0.15, 0.2) is 0 Å². The zero-order valence-corrected chi connectivity index (χ0v) is 8.93. The Morgan fingerprint density at radius 2 is 2.00 bits per heavy atom. The second kappa shape index (κ2) is 3.16. The molecule has 0 aliphatic carbocycles. The highest BCUT2D eigenvalue weighted by Crippen LogP contribution is 2.31. The van der Waals surface area contributed by atoms with Crippen molar-refractivity contribution in [2.45, 2.75) is 0 Å². The fraction of sp³-hybridized carbons (Fsp3) is 0. The Balaban J connectivity index is 2.94.